The molecule has 0 radical (unpaired) electrons. The summed E-state index contributed by atoms with van der Waals surface area (Å²) in [5, 5.41) is 5.99. The van der Waals surface area contributed by atoms with Crippen molar-refractivity contribution in [2.75, 3.05) is 44.6 Å². The summed E-state index contributed by atoms with van der Waals surface area (Å²) in [7, 11) is 0. The van der Waals surface area contributed by atoms with Crippen LogP contribution in [0.15, 0.2) is 21.1 Å². The first-order valence-electron chi connectivity index (χ1n) is 8.90. The van der Waals surface area contributed by atoms with Gasteiger partial charge in [0.15, 0.2) is 0 Å². The second-order valence-corrected chi connectivity index (χ2v) is 8.75. The van der Waals surface area contributed by atoms with Gasteiger partial charge in [0.2, 0.25) is 11.8 Å². The van der Waals surface area contributed by atoms with E-state index in [1.54, 1.807) is 0 Å². The third kappa shape index (κ3) is 5.77. The summed E-state index contributed by atoms with van der Waals surface area (Å²) in [4.78, 5) is 28.5. The minimum atomic E-state index is -0.0322. The smallest absolute Gasteiger partial charge is 0.238 e. The highest BCUT2D eigenvalue weighted by molar-refractivity contribution is 9.11. The van der Waals surface area contributed by atoms with E-state index in [-0.39, 0.29) is 11.8 Å². The third-order valence-electron chi connectivity index (χ3n) is 4.59. The lowest BCUT2D eigenvalue weighted by Crippen LogP contribution is -2.51. The van der Waals surface area contributed by atoms with E-state index < -0.39 is 0 Å². The monoisotopic (exact) mass is 486 g/mol. The van der Waals surface area contributed by atoms with Crippen LogP contribution < -0.4 is 10.6 Å². The zero-order chi connectivity index (χ0) is 18.7. The molecule has 1 aliphatic heterocycles. The van der Waals surface area contributed by atoms with Crippen molar-refractivity contribution in [3.63, 3.8) is 0 Å². The molecule has 0 aromatic heterocycles. The SMILES string of the molecule is Cc1cc(Br)c(NC(=O)CN2CCN(CC(=O)NC3CC3)CC2)c(Br)c1. The van der Waals surface area contributed by atoms with Gasteiger partial charge in [-0.15, -0.1) is 0 Å². The van der Waals surface area contributed by atoms with Crippen LogP contribution in [0.2, 0.25) is 0 Å². The standard InChI is InChI=1S/C18H24Br2N4O2/c1-12-8-14(19)18(15(20)9-12)22-17(26)11-24-6-4-23(5-7-24)10-16(25)21-13-2-3-13/h8-9,13H,2-7,10-11H2,1H3,(H,21,25)(H,22,26). The molecule has 2 fully saturated rings. The Balaban J connectivity index is 1.42. The van der Waals surface area contributed by atoms with Gasteiger partial charge in [-0.25, -0.2) is 0 Å². The number of rotatable bonds is 6. The highest BCUT2D eigenvalue weighted by Crippen LogP contribution is 2.32. The summed E-state index contributed by atoms with van der Waals surface area (Å²) >= 11 is 7.00. The summed E-state index contributed by atoms with van der Waals surface area (Å²) < 4.78 is 1.73. The van der Waals surface area contributed by atoms with E-state index in [0.717, 1.165) is 59.2 Å². The average molecular weight is 488 g/mol. The molecule has 6 nitrogen and oxygen atoms in total. The minimum absolute atomic E-state index is 0.0322. The predicted octanol–water partition coefficient (Wildman–Crippen LogP) is 2.35. The van der Waals surface area contributed by atoms with Gasteiger partial charge >= 0.3 is 0 Å². The van der Waals surface area contributed by atoms with Crippen LogP contribution in [0.25, 0.3) is 0 Å². The maximum absolute atomic E-state index is 12.4. The first kappa shape index (κ1) is 19.8. The molecule has 142 valence electrons. The zero-order valence-corrected chi connectivity index (χ0v) is 18.0. The fraction of sp³-hybridized carbons (Fsp3) is 0.556. The van der Waals surface area contributed by atoms with E-state index in [0.29, 0.717) is 19.1 Å². The Morgan fingerprint density at radius 1 is 1.00 bits per heavy atom. The summed E-state index contributed by atoms with van der Waals surface area (Å²) in [6.45, 7) is 6.02. The number of amides is 2. The van der Waals surface area contributed by atoms with Crippen molar-refractivity contribution in [1.29, 1.82) is 0 Å². The van der Waals surface area contributed by atoms with E-state index in [2.05, 4.69) is 52.3 Å². The molecule has 1 aromatic carbocycles. The molecule has 1 heterocycles. The fourth-order valence-electron chi connectivity index (χ4n) is 3.01. The van der Waals surface area contributed by atoms with Gasteiger partial charge < -0.3 is 10.6 Å². The highest BCUT2D eigenvalue weighted by Gasteiger charge is 2.25. The number of hydrogen-bond donors (Lipinski definition) is 2. The Bertz CT molecular complexity index is 663. The molecule has 1 saturated carbocycles. The number of anilines is 1. The van der Waals surface area contributed by atoms with Gasteiger partial charge in [-0.1, -0.05) is 0 Å². The molecule has 1 aliphatic carbocycles. The van der Waals surface area contributed by atoms with Crippen LogP contribution >= 0.6 is 31.9 Å². The molecule has 3 rings (SSSR count). The highest BCUT2D eigenvalue weighted by atomic mass is 79.9. The zero-order valence-electron chi connectivity index (χ0n) is 14.9. The van der Waals surface area contributed by atoms with E-state index in [1.807, 2.05) is 19.1 Å². The van der Waals surface area contributed by atoms with Gasteiger partial charge in [0.1, 0.15) is 0 Å². The van der Waals surface area contributed by atoms with Crippen LogP contribution in [0.1, 0.15) is 18.4 Å². The van der Waals surface area contributed by atoms with Crippen molar-refractivity contribution in [2.45, 2.75) is 25.8 Å². The number of aryl methyl sites for hydroxylation is 1. The second kappa shape index (κ2) is 8.82. The van der Waals surface area contributed by atoms with Gasteiger partial charge in [-0.2, -0.15) is 0 Å². The van der Waals surface area contributed by atoms with Gasteiger partial charge in [-0.3, -0.25) is 19.4 Å². The molecule has 2 amide bonds. The Labute approximate surface area is 170 Å². The number of nitrogens with one attached hydrogen (secondary N) is 2. The topological polar surface area (TPSA) is 64.7 Å². The van der Waals surface area contributed by atoms with Gasteiger partial charge in [-0.05, 0) is 69.3 Å². The van der Waals surface area contributed by atoms with Crippen molar-refractivity contribution in [3.05, 3.63) is 26.6 Å². The maximum Gasteiger partial charge on any atom is 0.238 e. The van der Waals surface area contributed by atoms with Gasteiger partial charge in [0.25, 0.3) is 0 Å². The first-order chi connectivity index (χ1) is 12.4. The molecule has 1 saturated heterocycles. The van der Waals surface area contributed by atoms with E-state index in [9.17, 15) is 9.59 Å². The lowest BCUT2D eigenvalue weighted by Gasteiger charge is -2.33. The van der Waals surface area contributed by atoms with Crippen molar-refractivity contribution in [2.24, 2.45) is 0 Å². The molecule has 0 unspecified atom stereocenters. The number of hydrogen-bond acceptors (Lipinski definition) is 4. The maximum atomic E-state index is 12.4. The van der Waals surface area contributed by atoms with Crippen LogP contribution in [-0.4, -0.2) is 66.9 Å². The van der Waals surface area contributed by atoms with Crippen molar-refractivity contribution < 1.29 is 9.59 Å². The summed E-state index contributed by atoms with van der Waals surface area (Å²) in [6.07, 6.45) is 2.23. The third-order valence-corrected chi connectivity index (χ3v) is 5.84. The molecule has 2 aliphatic rings. The molecule has 2 N–H and O–H groups in total. The molecule has 0 atom stereocenters. The van der Waals surface area contributed by atoms with E-state index in [1.165, 1.54) is 0 Å². The van der Waals surface area contributed by atoms with Gasteiger partial charge in [0.05, 0.1) is 18.8 Å². The molecular weight excluding hydrogens is 464 g/mol. The normalized spacial score (nSPS) is 18.6. The van der Waals surface area contributed by atoms with Crippen molar-refractivity contribution >= 4 is 49.4 Å². The molecular formula is C18H24Br2N4O2. The van der Waals surface area contributed by atoms with Crippen LogP contribution in [-0.2, 0) is 9.59 Å². The summed E-state index contributed by atoms with van der Waals surface area (Å²) in [6, 6.07) is 4.37. The number of benzene rings is 1. The Morgan fingerprint density at radius 3 is 2.00 bits per heavy atom. The Hall–Kier alpha value is -0.960. The molecule has 0 spiro atoms. The van der Waals surface area contributed by atoms with Crippen LogP contribution in [0.5, 0.6) is 0 Å². The average Bonchev–Trinajstić information content (AvgIpc) is 3.36. The number of carbonyl (C=O) groups is 2. The van der Waals surface area contributed by atoms with Crippen molar-refractivity contribution in [1.82, 2.24) is 15.1 Å². The minimum Gasteiger partial charge on any atom is -0.352 e. The Morgan fingerprint density at radius 2 is 1.50 bits per heavy atom. The molecule has 1 aromatic rings. The van der Waals surface area contributed by atoms with Crippen molar-refractivity contribution in [3.8, 4) is 0 Å². The molecule has 26 heavy (non-hydrogen) atoms. The lowest BCUT2D eigenvalue weighted by molar-refractivity contribution is -0.123. The van der Waals surface area contributed by atoms with Crippen LogP contribution in [0, 0.1) is 6.92 Å². The van der Waals surface area contributed by atoms with Crippen LogP contribution in [0.4, 0.5) is 5.69 Å². The number of piperazine rings is 1. The number of nitrogens with zero attached hydrogens (tertiary/aromatic N) is 2. The molecule has 8 heteroatoms. The van der Waals surface area contributed by atoms with E-state index >= 15 is 0 Å². The largest absolute Gasteiger partial charge is 0.352 e. The number of carbonyl (C=O) groups excluding carboxylic acids is 2. The van der Waals surface area contributed by atoms with E-state index in [4.69, 9.17) is 0 Å². The fourth-order valence-corrected chi connectivity index (χ4v) is 4.62. The first-order valence-corrected chi connectivity index (χ1v) is 10.5. The Kier molecular flexibility index (Phi) is 6.71. The quantitative estimate of drug-likeness (QED) is 0.646. The summed E-state index contributed by atoms with van der Waals surface area (Å²) in [5.74, 6) is 0.0861. The van der Waals surface area contributed by atoms with Crippen LogP contribution in [0.3, 0.4) is 0 Å². The molecule has 0 bridgehead atoms. The second-order valence-electron chi connectivity index (χ2n) is 7.05. The lowest BCUT2D eigenvalue weighted by atomic mass is 10.2. The number of halogens is 2. The summed E-state index contributed by atoms with van der Waals surface area (Å²) in [5.41, 5.74) is 1.87. The van der Waals surface area contributed by atoms with Gasteiger partial charge in [0, 0.05) is 41.2 Å². The predicted molar refractivity (Wildman–Crippen MR) is 109 cm³/mol.